The number of aliphatic hydroxyl groups is 3. The number of carbonyl (C=O) groups excluding carboxylic acids is 4. The van der Waals surface area contributed by atoms with Crippen LogP contribution in [0.5, 0.6) is 0 Å². The van der Waals surface area contributed by atoms with Crippen molar-refractivity contribution in [3.63, 3.8) is 0 Å². The van der Waals surface area contributed by atoms with E-state index in [-0.39, 0.29) is 82.2 Å². The highest BCUT2D eigenvalue weighted by Crippen LogP contribution is 2.68. The highest BCUT2D eigenvalue weighted by Gasteiger charge is 2.60. The van der Waals surface area contributed by atoms with Crippen LogP contribution in [0.3, 0.4) is 0 Å². The molecule has 3 saturated carbocycles. The van der Waals surface area contributed by atoms with Gasteiger partial charge in [-0.2, -0.15) is 4.31 Å². The predicted molar refractivity (Wildman–Crippen MR) is 267 cm³/mol. The Hall–Kier alpha value is -3.07. The van der Waals surface area contributed by atoms with Gasteiger partial charge in [-0.3, -0.25) is 37.3 Å². The Bertz CT molecular complexity index is 2640. The third kappa shape index (κ3) is 13.7. The first-order valence-corrected chi connectivity index (χ1v) is 30.4. The fourth-order valence-electron chi connectivity index (χ4n) is 12.4. The van der Waals surface area contributed by atoms with Gasteiger partial charge in [-0.25, -0.2) is 28.6 Å². The highest BCUT2D eigenvalue weighted by molar-refractivity contribution is 8.13. The first-order chi connectivity index (χ1) is 34.9. The summed E-state index contributed by atoms with van der Waals surface area (Å²) in [5.41, 5.74) is 5.76. The lowest BCUT2D eigenvalue weighted by atomic mass is 9.46. The summed E-state index contributed by atoms with van der Waals surface area (Å²) < 4.78 is 62.7. The number of ketones is 1. The van der Waals surface area contributed by atoms with Crippen LogP contribution in [0.25, 0.3) is 11.2 Å². The van der Waals surface area contributed by atoms with E-state index in [9.17, 15) is 67.8 Å². The van der Waals surface area contributed by atoms with Crippen LogP contribution in [-0.4, -0.2) is 140 Å². The number of nitrogens with zero attached hydrogens (tertiary/aromatic N) is 4. The summed E-state index contributed by atoms with van der Waals surface area (Å²) in [4.78, 5) is 102. The molecular formula is C45H70N7O19P3S. The number of carbonyl (C=O) groups is 4. The van der Waals surface area contributed by atoms with Crippen molar-refractivity contribution in [1.82, 2.24) is 30.2 Å². The minimum Gasteiger partial charge on any atom is -0.392 e. The summed E-state index contributed by atoms with van der Waals surface area (Å²) in [6.45, 7) is 7.18. The number of hydrogen-bond acceptors (Lipinski definition) is 20. The second-order valence-electron chi connectivity index (χ2n) is 21.6. The summed E-state index contributed by atoms with van der Waals surface area (Å²) in [6, 6.07) is 0. The maximum absolute atomic E-state index is 13.0. The van der Waals surface area contributed by atoms with Crippen molar-refractivity contribution in [3.8, 4) is 0 Å². The summed E-state index contributed by atoms with van der Waals surface area (Å²) in [6.07, 6.45) is 2.02. The molecule has 7 rings (SSSR count). The highest BCUT2D eigenvalue weighted by atomic mass is 32.2. The number of nitrogens with two attached hydrogens (primary N) is 1. The van der Waals surface area contributed by atoms with Crippen LogP contribution in [0.15, 0.2) is 24.3 Å². The van der Waals surface area contributed by atoms with Crippen LogP contribution in [0.1, 0.15) is 105 Å². The Morgan fingerprint density at radius 2 is 1.69 bits per heavy atom. The van der Waals surface area contributed by atoms with Gasteiger partial charge in [0.2, 0.25) is 11.8 Å². The number of phosphoric acid groups is 3. The molecule has 0 aromatic carbocycles. The van der Waals surface area contributed by atoms with E-state index in [1.165, 1.54) is 19.4 Å². The number of ether oxygens (including phenoxy) is 1. The van der Waals surface area contributed by atoms with Crippen molar-refractivity contribution in [2.24, 2.45) is 45.8 Å². The van der Waals surface area contributed by atoms with E-state index in [0.29, 0.717) is 24.2 Å². The summed E-state index contributed by atoms with van der Waals surface area (Å²) >= 11 is 1.02. The number of amides is 2. The number of aliphatic hydroxyl groups excluding tert-OH is 3. The molecule has 26 nitrogen and oxygen atoms in total. The van der Waals surface area contributed by atoms with Gasteiger partial charge in [0.15, 0.2) is 28.6 Å². The van der Waals surface area contributed by atoms with Crippen molar-refractivity contribution in [2.45, 2.75) is 136 Å². The number of nitrogens with one attached hydrogen (secondary N) is 2. The number of anilines is 1. The van der Waals surface area contributed by atoms with Gasteiger partial charge in [-0.1, -0.05) is 52.0 Å². The van der Waals surface area contributed by atoms with Gasteiger partial charge in [0.1, 0.15) is 36.3 Å². The number of fused-ring (bicyclic) bond motifs is 6. The molecule has 4 fully saturated rings. The molecule has 2 amide bonds. The summed E-state index contributed by atoms with van der Waals surface area (Å²) in [5.74, 6) is 0.931. The van der Waals surface area contributed by atoms with Gasteiger partial charge in [0.25, 0.3) is 0 Å². The van der Waals surface area contributed by atoms with Gasteiger partial charge in [0, 0.05) is 43.5 Å². The molecule has 30 heteroatoms. The topological polar surface area (TPSA) is 401 Å². The molecule has 75 heavy (non-hydrogen) atoms. The Morgan fingerprint density at radius 1 is 0.973 bits per heavy atom. The minimum absolute atomic E-state index is 0.00871. The van der Waals surface area contributed by atoms with Crippen LogP contribution in [0.4, 0.5) is 5.82 Å². The molecule has 0 spiro atoms. The van der Waals surface area contributed by atoms with E-state index < -0.39 is 90.7 Å². The average molecular weight is 1140 g/mol. The standard InChI is InChI=1S/C45H70N7O19P3S/c1-24(28-8-9-29-27-7-6-25-18-26(53)10-13-44(25,4)30(27)11-14-45(28,29)5)31(54)19-34(56)75-17-16-47-33(55)12-15-48-41(59)38(58)43(2,3)21-68-74(65,66)71-73(63,64)67-20-32-37(70-72(60,61)62)36(57)42(69-32)52-23-51-35-39(46)49-22-50-40(35)52/h18,22-24,27-32,36-38,42,54,57-58H,6-17,19-21H2,1-5H3,(H,47,55)(H,48,59)(H,63,64)(H,65,66)(H2,46,49,50)(H2,60,61,62)/t24-,27-,28+,29-,30-,31?,32+,36+,37+,38-,42+,44-,45+/m0/s1. The van der Waals surface area contributed by atoms with E-state index in [4.69, 9.17) is 19.5 Å². The van der Waals surface area contributed by atoms with Gasteiger partial charge >= 0.3 is 23.5 Å². The molecule has 15 atom stereocenters. The smallest absolute Gasteiger partial charge is 0.392 e. The zero-order valence-electron chi connectivity index (χ0n) is 42.3. The molecule has 1 saturated heterocycles. The molecule has 1 aliphatic heterocycles. The lowest BCUT2D eigenvalue weighted by Crippen LogP contribution is -2.51. The monoisotopic (exact) mass is 1140 g/mol. The zero-order chi connectivity index (χ0) is 55.1. The van der Waals surface area contributed by atoms with Crippen molar-refractivity contribution >= 4 is 74.9 Å². The zero-order valence-corrected chi connectivity index (χ0v) is 45.8. The van der Waals surface area contributed by atoms with E-state index in [1.54, 1.807) is 0 Å². The number of phosphoric ester groups is 3. The molecule has 420 valence electrons. The second-order valence-corrected chi connectivity index (χ2v) is 27.0. The molecule has 4 aliphatic carbocycles. The quantitative estimate of drug-likeness (QED) is 0.0564. The third-order valence-corrected chi connectivity index (χ3v) is 20.4. The Labute approximate surface area is 437 Å². The Kier molecular flexibility index (Phi) is 18.5. The number of hydrogen-bond donors (Lipinski definition) is 10. The van der Waals surface area contributed by atoms with Gasteiger partial charge in [-0.05, 0) is 91.4 Å². The average Bonchev–Trinajstić information content (AvgIpc) is 4.01. The first-order valence-electron chi connectivity index (χ1n) is 24.9. The van der Waals surface area contributed by atoms with Gasteiger partial charge in [0.05, 0.1) is 25.6 Å². The fourth-order valence-corrected chi connectivity index (χ4v) is 16.0. The number of imidazole rings is 1. The van der Waals surface area contributed by atoms with E-state index in [0.717, 1.165) is 73.9 Å². The lowest BCUT2D eigenvalue weighted by molar-refractivity contribution is -0.137. The SMILES string of the molecule is C[C@H](C(O)CC(=O)SCCNC(=O)CCNC(=O)[C@H](O)C(C)(C)COP(=O)(O)OP(=O)(O)OC[C@H]1O[C@@H](n2cnc3c(N)ncnc32)[C@H](O)[C@@H]1OP(=O)(O)O)[C@H]1CC[C@H]2[C@@H]3CCC4=CC(=O)CC[C@]4(C)[C@H]3CC[C@]12C. The minimum atomic E-state index is -5.60. The van der Waals surface area contributed by atoms with Crippen molar-refractivity contribution in [3.05, 3.63) is 24.3 Å². The first kappa shape index (κ1) is 59.6. The van der Waals surface area contributed by atoms with Crippen molar-refractivity contribution in [1.29, 1.82) is 0 Å². The molecule has 3 heterocycles. The number of rotatable bonds is 23. The normalized spacial score (nSPS) is 31.7. The number of nitrogen functional groups attached to an aromatic ring is 1. The largest absolute Gasteiger partial charge is 0.481 e. The Balaban J connectivity index is 0.785. The van der Waals surface area contributed by atoms with E-state index in [2.05, 4.69) is 55.2 Å². The number of allylic oxidation sites excluding steroid dienone is 1. The van der Waals surface area contributed by atoms with Crippen LogP contribution in [0.2, 0.25) is 0 Å². The predicted octanol–water partition coefficient (Wildman–Crippen LogP) is 3.20. The molecule has 2 aromatic rings. The Morgan fingerprint density at radius 3 is 2.41 bits per heavy atom. The number of aromatic nitrogens is 4. The van der Waals surface area contributed by atoms with Crippen LogP contribution >= 0.6 is 35.2 Å². The van der Waals surface area contributed by atoms with Crippen molar-refractivity contribution in [2.75, 3.05) is 37.8 Å². The molecule has 5 aliphatic rings. The van der Waals surface area contributed by atoms with Crippen LogP contribution < -0.4 is 16.4 Å². The van der Waals surface area contributed by atoms with Gasteiger partial charge in [-0.15, -0.1) is 0 Å². The third-order valence-electron chi connectivity index (χ3n) is 16.4. The van der Waals surface area contributed by atoms with Crippen LogP contribution in [-0.2, 0) is 55.5 Å². The van der Waals surface area contributed by atoms with Crippen molar-refractivity contribution < 1.29 is 90.4 Å². The molecule has 11 N–H and O–H groups in total. The molecule has 0 bridgehead atoms. The molecule has 3 unspecified atom stereocenters. The molecular weight excluding hydrogens is 1070 g/mol. The molecule has 0 radical (unpaired) electrons. The summed E-state index contributed by atoms with van der Waals surface area (Å²) in [7, 11) is -16.5. The number of thioether (sulfide) groups is 1. The maximum atomic E-state index is 13.0. The molecule has 2 aromatic heterocycles. The maximum Gasteiger partial charge on any atom is 0.481 e. The van der Waals surface area contributed by atoms with E-state index >= 15 is 0 Å². The van der Waals surface area contributed by atoms with Gasteiger partial charge < -0.3 is 56.0 Å². The summed E-state index contributed by atoms with van der Waals surface area (Å²) in [5, 5.41) is 37.9. The second kappa shape index (κ2) is 23.3. The van der Waals surface area contributed by atoms with E-state index in [1.807, 2.05) is 6.08 Å². The lowest BCUT2D eigenvalue weighted by Gasteiger charge is -2.58. The van der Waals surface area contributed by atoms with Crippen LogP contribution in [0, 0.1) is 45.8 Å². The fraction of sp³-hybridized carbons (Fsp3) is 0.756.